The molecule has 0 bridgehead atoms. The van der Waals surface area contributed by atoms with Gasteiger partial charge in [-0.2, -0.15) is 0 Å². The summed E-state index contributed by atoms with van der Waals surface area (Å²) >= 11 is 0. The highest BCUT2D eigenvalue weighted by Crippen LogP contribution is 2.01. The Morgan fingerprint density at radius 1 is 1.27 bits per heavy atom. The van der Waals surface area contributed by atoms with E-state index in [4.69, 9.17) is 0 Å². The summed E-state index contributed by atoms with van der Waals surface area (Å²) in [6, 6.07) is 0. The zero-order chi connectivity index (χ0) is 11.7. The third-order valence-corrected chi connectivity index (χ3v) is 2.41. The Kier molecular flexibility index (Phi) is 7.68. The lowest BCUT2D eigenvalue weighted by Crippen LogP contribution is -2.37. The molecule has 0 aromatic carbocycles. The standard InChI is InChI=1S/C11H22N2O2/c1-4-6-7-10(14)13-8-9(5-2)11(15)12-3/h9H,4-8H2,1-3H3,(H,12,15)(H,13,14). The first-order valence-corrected chi connectivity index (χ1v) is 5.63. The summed E-state index contributed by atoms with van der Waals surface area (Å²) in [5.74, 6) is -0.0759. The molecule has 0 aromatic heterocycles. The lowest BCUT2D eigenvalue weighted by molar-refractivity contribution is -0.125. The molecule has 0 saturated heterocycles. The molecule has 0 aliphatic heterocycles. The molecule has 1 atom stereocenters. The van der Waals surface area contributed by atoms with Crippen LogP contribution in [-0.2, 0) is 9.59 Å². The highest BCUT2D eigenvalue weighted by atomic mass is 16.2. The third kappa shape index (κ3) is 6.10. The first kappa shape index (κ1) is 13.9. The van der Waals surface area contributed by atoms with E-state index < -0.39 is 0 Å². The van der Waals surface area contributed by atoms with Crippen molar-refractivity contribution in [1.29, 1.82) is 0 Å². The molecular formula is C11H22N2O2. The Morgan fingerprint density at radius 3 is 2.40 bits per heavy atom. The number of carbonyl (C=O) groups excluding carboxylic acids is 2. The molecule has 0 radical (unpaired) electrons. The van der Waals surface area contributed by atoms with Gasteiger partial charge in [-0.1, -0.05) is 20.3 Å². The van der Waals surface area contributed by atoms with Gasteiger partial charge in [0.2, 0.25) is 11.8 Å². The van der Waals surface area contributed by atoms with Gasteiger partial charge < -0.3 is 10.6 Å². The summed E-state index contributed by atoms with van der Waals surface area (Å²) in [6.07, 6.45) is 3.22. The molecule has 0 aromatic rings. The van der Waals surface area contributed by atoms with Crippen LogP contribution in [0.4, 0.5) is 0 Å². The van der Waals surface area contributed by atoms with Crippen LogP contribution in [0, 0.1) is 5.92 Å². The molecule has 4 nitrogen and oxygen atoms in total. The average Bonchev–Trinajstić information content (AvgIpc) is 2.26. The lowest BCUT2D eigenvalue weighted by Gasteiger charge is -2.13. The molecule has 0 spiro atoms. The normalized spacial score (nSPS) is 11.9. The van der Waals surface area contributed by atoms with Crippen LogP contribution in [0.3, 0.4) is 0 Å². The number of rotatable bonds is 7. The third-order valence-electron chi connectivity index (χ3n) is 2.41. The zero-order valence-corrected chi connectivity index (χ0v) is 9.93. The van der Waals surface area contributed by atoms with Gasteiger partial charge >= 0.3 is 0 Å². The van der Waals surface area contributed by atoms with Crippen LogP contribution in [0.15, 0.2) is 0 Å². The predicted octanol–water partition coefficient (Wildman–Crippen LogP) is 1.06. The monoisotopic (exact) mass is 214 g/mol. The fourth-order valence-corrected chi connectivity index (χ4v) is 1.29. The number of hydrogen-bond acceptors (Lipinski definition) is 2. The van der Waals surface area contributed by atoms with Gasteiger partial charge in [0.15, 0.2) is 0 Å². The maximum Gasteiger partial charge on any atom is 0.224 e. The van der Waals surface area contributed by atoms with Crippen molar-refractivity contribution >= 4 is 11.8 Å². The molecule has 0 saturated carbocycles. The molecule has 88 valence electrons. The molecule has 0 fully saturated rings. The van der Waals surface area contributed by atoms with Crippen molar-refractivity contribution < 1.29 is 9.59 Å². The van der Waals surface area contributed by atoms with Crippen molar-refractivity contribution in [3.8, 4) is 0 Å². The van der Waals surface area contributed by atoms with E-state index in [2.05, 4.69) is 10.6 Å². The largest absolute Gasteiger partial charge is 0.359 e. The van der Waals surface area contributed by atoms with Crippen molar-refractivity contribution in [2.24, 2.45) is 5.92 Å². The minimum Gasteiger partial charge on any atom is -0.359 e. The summed E-state index contributed by atoms with van der Waals surface area (Å²) in [6.45, 7) is 4.43. The van der Waals surface area contributed by atoms with E-state index in [9.17, 15) is 9.59 Å². The van der Waals surface area contributed by atoms with Crippen molar-refractivity contribution in [2.75, 3.05) is 13.6 Å². The van der Waals surface area contributed by atoms with Crippen LogP contribution in [-0.4, -0.2) is 25.4 Å². The van der Waals surface area contributed by atoms with Gasteiger partial charge in [-0.25, -0.2) is 0 Å². The van der Waals surface area contributed by atoms with Crippen LogP contribution >= 0.6 is 0 Å². The number of unbranched alkanes of at least 4 members (excludes halogenated alkanes) is 1. The number of carbonyl (C=O) groups is 2. The second kappa shape index (κ2) is 8.26. The molecule has 0 aliphatic carbocycles. The molecular weight excluding hydrogens is 192 g/mol. The van der Waals surface area contributed by atoms with Gasteiger partial charge in [-0.15, -0.1) is 0 Å². The Morgan fingerprint density at radius 2 is 1.93 bits per heavy atom. The van der Waals surface area contributed by atoms with Crippen LogP contribution in [0.2, 0.25) is 0 Å². The summed E-state index contributed by atoms with van der Waals surface area (Å²) < 4.78 is 0. The van der Waals surface area contributed by atoms with Gasteiger partial charge in [-0.05, 0) is 12.8 Å². The maximum absolute atomic E-state index is 11.3. The smallest absolute Gasteiger partial charge is 0.224 e. The quantitative estimate of drug-likeness (QED) is 0.666. The summed E-state index contributed by atoms with van der Waals surface area (Å²) in [5, 5.41) is 5.38. The molecule has 1 unspecified atom stereocenters. The number of hydrogen-bond donors (Lipinski definition) is 2. The van der Waals surface area contributed by atoms with Gasteiger partial charge in [0.25, 0.3) is 0 Å². The fraction of sp³-hybridized carbons (Fsp3) is 0.818. The summed E-state index contributed by atoms with van der Waals surface area (Å²) in [5.41, 5.74) is 0. The molecule has 0 rings (SSSR count). The highest BCUT2D eigenvalue weighted by Gasteiger charge is 2.15. The fourth-order valence-electron chi connectivity index (χ4n) is 1.29. The van der Waals surface area contributed by atoms with Crippen molar-refractivity contribution in [2.45, 2.75) is 39.5 Å². The SMILES string of the molecule is CCCCC(=O)NCC(CC)C(=O)NC. The first-order chi connectivity index (χ1) is 7.15. The molecule has 4 heteroatoms. The maximum atomic E-state index is 11.3. The summed E-state index contributed by atoms with van der Waals surface area (Å²) in [7, 11) is 1.61. The zero-order valence-electron chi connectivity index (χ0n) is 9.93. The van der Waals surface area contributed by atoms with Gasteiger partial charge in [-0.3, -0.25) is 9.59 Å². The second-order valence-electron chi connectivity index (χ2n) is 3.63. The van der Waals surface area contributed by atoms with E-state index in [1.165, 1.54) is 0 Å². The number of amides is 2. The molecule has 2 amide bonds. The van der Waals surface area contributed by atoms with Gasteiger partial charge in [0, 0.05) is 20.0 Å². The Labute approximate surface area is 91.8 Å². The minimum atomic E-state index is -0.111. The van der Waals surface area contributed by atoms with E-state index in [1.807, 2.05) is 13.8 Å². The van der Waals surface area contributed by atoms with Gasteiger partial charge in [0.1, 0.15) is 0 Å². The van der Waals surface area contributed by atoms with Gasteiger partial charge in [0.05, 0.1) is 5.92 Å². The average molecular weight is 214 g/mol. The van der Waals surface area contributed by atoms with E-state index in [0.717, 1.165) is 19.3 Å². The molecule has 0 heterocycles. The first-order valence-electron chi connectivity index (χ1n) is 5.63. The Balaban J connectivity index is 3.80. The van der Waals surface area contributed by atoms with Crippen LogP contribution in [0.25, 0.3) is 0 Å². The Hall–Kier alpha value is -1.06. The van der Waals surface area contributed by atoms with Crippen LogP contribution in [0.1, 0.15) is 39.5 Å². The van der Waals surface area contributed by atoms with Crippen molar-refractivity contribution in [1.82, 2.24) is 10.6 Å². The van der Waals surface area contributed by atoms with E-state index in [-0.39, 0.29) is 17.7 Å². The number of nitrogens with one attached hydrogen (secondary N) is 2. The van der Waals surface area contributed by atoms with Crippen molar-refractivity contribution in [3.63, 3.8) is 0 Å². The Bertz CT molecular complexity index is 205. The molecule has 15 heavy (non-hydrogen) atoms. The second-order valence-corrected chi connectivity index (χ2v) is 3.63. The topological polar surface area (TPSA) is 58.2 Å². The van der Waals surface area contributed by atoms with Crippen LogP contribution in [0.5, 0.6) is 0 Å². The highest BCUT2D eigenvalue weighted by molar-refractivity contribution is 5.80. The molecule has 2 N–H and O–H groups in total. The summed E-state index contributed by atoms with van der Waals surface area (Å²) in [4.78, 5) is 22.6. The van der Waals surface area contributed by atoms with E-state index in [1.54, 1.807) is 7.05 Å². The van der Waals surface area contributed by atoms with Crippen LogP contribution < -0.4 is 10.6 Å². The lowest BCUT2D eigenvalue weighted by atomic mass is 10.1. The minimum absolute atomic E-state index is 0.00621. The predicted molar refractivity (Wildman–Crippen MR) is 60.4 cm³/mol. The van der Waals surface area contributed by atoms with Crippen molar-refractivity contribution in [3.05, 3.63) is 0 Å². The van der Waals surface area contributed by atoms with E-state index in [0.29, 0.717) is 13.0 Å². The van der Waals surface area contributed by atoms with E-state index >= 15 is 0 Å². The molecule has 0 aliphatic rings.